The van der Waals surface area contributed by atoms with Crippen molar-refractivity contribution in [1.29, 1.82) is 0 Å². The average molecular weight is 248 g/mol. The lowest BCUT2D eigenvalue weighted by atomic mass is 10.2. The van der Waals surface area contributed by atoms with E-state index in [1.54, 1.807) is 24.3 Å². The third-order valence-electron chi connectivity index (χ3n) is 2.28. The molecule has 0 saturated carbocycles. The number of hydrogen-bond donors (Lipinski definition) is 1. The van der Waals surface area contributed by atoms with Crippen LogP contribution in [0, 0.1) is 0 Å². The van der Waals surface area contributed by atoms with E-state index < -0.39 is 11.8 Å². The van der Waals surface area contributed by atoms with Gasteiger partial charge in [0, 0.05) is 0 Å². The molecule has 18 heavy (non-hydrogen) atoms. The lowest BCUT2D eigenvalue weighted by Gasteiger charge is -2.04. The largest absolute Gasteiger partial charge is 0.494 e. The zero-order valence-electron chi connectivity index (χ0n) is 10.3. The first kappa shape index (κ1) is 14.0. The van der Waals surface area contributed by atoms with Gasteiger partial charge in [-0.25, -0.2) is 4.79 Å². The Kier molecular flexibility index (Phi) is 5.64. The van der Waals surface area contributed by atoms with E-state index in [2.05, 4.69) is 6.92 Å². The molecule has 0 radical (unpaired) electrons. The smallest absolute Gasteiger partial charge is 0.376 e. The Labute approximate surface area is 106 Å². The number of unbranched alkanes of at least 4 members (excludes halogenated alkanes) is 1. The molecule has 4 heteroatoms. The van der Waals surface area contributed by atoms with E-state index in [4.69, 9.17) is 9.84 Å². The van der Waals surface area contributed by atoms with E-state index in [9.17, 15) is 9.59 Å². The standard InChI is InChI=1S/C14H16O4/c1-2-3-10-18-12-7-4-11(5-8-12)6-9-13(15)14(16)17/h4-9H,2-3,10H2,1H3,(H,16,17)/b9-6+. The van der Waals surface area contributed by atoms with Crippen LogP contribution in [0.2, 0.25) is 0 Å². The van der Waals surface area contributed by atoms with Crippen LogP contribution in [0.3, 0.4) is 0 Å². The summed E-state index contributed by atoms with van der Waals surface area (Å²) in [6.45, 7) is 2.78. The fraction of sp³-hybridized carbons (Fsp3) is 0.286. The summed E-state index contributed by atoms with van der Waals surface area (Å²) in [5.74, 6) is -1.62. The van der Waals surface area contributed by atoms with Crippen LogP contribution in [0.15, 0.2) is 30.3 Å². The van der Waals surface area contributed by atoms with E-state index in [0.29, 0.717) is 6.61 Å². The first-order valence-electron chi connectivity index (χ1n) is 5.81. The van der Waals surface area contributed by atoms with Gasteiger partial charge in [-0.3, -0.25) is 4.79 Å². The molecule has 1 N–H and O–H groups in total. The molecule has 0 unspecified atom stereocenters. The molecule has 0 aliphatic heterocycles. The number of rotatable bonds is 7. The van der Waals surface area contributed by atoms with Crippen molar-refractivity contribution < 1.29 is 19.4 Å². The minimum Gasteiger partial charge on any atom is -0.494 e. The van der Waals surface area contributed by atoms with E-state index in [0.717, 1.165) is 30.2 Å². The van der Waals surface area contributed by atoms with Gasteiger partial charge in [-0.15, -0.1) is 0 Å². The van der Waals surface area contributed by atoms with Crippen LogP contribution >= 0.6 is 0 Å². The van der Waals surface area contributed by atoms with Crippen molar-refractivity contribution in [1.82, 2.24) is 0 Å². The van der Waals surface area contributed by atoms with Gasteiger partial charge in [0.1, 0.15) is 5.75 Å². The molecule has 0 atom stereocenters. The topological polar surface area (TPSA) is 63.6 Å². The van der Waals surface area contributed by atoms with E-state index in [1.165, 1.54) is 6.08 Å². The summed E-state index contributed by atoms with van der Waals surface area (Å²) < 4.78 is 5.48. The molecule has 0 heterocycles. The molecule has 0 saturated heterocycles. The number of aliphatic carboxylic acids is 1. The first-order valence-corrected chi connectivity index (χ1v) is 5.81. The van der Waals surface area contributed by atoms with Crippen LogP contribution in [0.25, 0.3) is 6.08 Å². The van der Waals surface area contributed by atoms with Crippen LogP contribution in [-0.2, 0) is 9.59 Å². The summed E-state index contributed by atoms with van der Waals surface area (Å²) in [6, 6.07) is 7.13. The molecule has 4 nitrogen and oxygen atoms in total. The van der Waals surface area contributed by atoms with Gasteiger partial charge >= 0.3 is 5.97 Å². The lowest BCUT2D eigenvalue weighted by molar-refractivity contribution is -0.146. The van der Waals surface area contributed by atoms with E-state index in [1.807, 2.05) is 0 Å². The Morgan fingerprint density at radius 2 is 1.94 bits per heavy atom. The molecule has 0 fully saturated rings. The molecule has 0 aromatic heterocycles. The summed E-state index contributed by atoms with van der Waals surface area (Å²) in [6.07, 6.45) is 4.59. The highest BCUT2D eigenvalue weighted by Gasteiger charge is 2.05. The molecule has 0 amide bonds. The SMILES string of the molecule is CCCCOc1ccc(/C=C/C(=O)C(=O)O)cc1. The van der Waals surface area contributed by atoms with Gasteiger partial charge < -0.3 is 9.84 Å². The third-order valence-corrected chi connectivity index (χ3v) is 2.28. The fourth-order valence-electron chi connectivity index (χ4n) is 1.25. The van der Waals surface area contributed by atoms with Gasteiger partial charge in [0.2, 0.25) is 0 Å². The van der Waals surface area contributed by atoms with Gasteiger partial charge in [0.05, 0.1) is 6.61 Å². The molecule has 0 bridgehead atoms. The summed E-state index contributed by atoms with van der Waals surface area (Å²) in [4.78, 5) is 21.1. The molecular weight excluding hydrogens is 232 g/mol. The fourth-order valence-corrected chi connectivity index (χ4v) is 1.25. The van der Waals surface area contributed by atoms with Crippen molar-refractivity contribution in [2.75, 3.05) is 6.61 Å². The molecule has 1 aromatic carbocycles. The molecule has 1 aromatic rings. The minimum atomic E-state index is -1.45. The van der Waals surface area contributed by atoms with Crippen LogP contribution in [0.5, 0.6) is 5.75 Å². The second kappa shape index (κ2) is 7.27. The van der Waals surface area contributed by atoms with Crippen LogP contribution in [-0.4, -0.2) is 23.5 Å². The molecule has 0 aliphatic carbocycles. The zero-order chi connectivity index (χ0) is 13.4. The summed E-state index contributed by atoms with van der Waals surface area (Å²) in [7, 11) is 0. The van der Waals surface area contributed by atoms with Crippen molar-refractivity contribution in [3.05, 3.63) is 35.9 Å². The molecule has 1 rings (SSSR count). The van der Waals surface area contributed by atoms with Gasteiger partial charge in [0.25, 0.3) is 5.78 Å². The number of ketones is 1. The minimum absolute atomic E-state index is 0.684. The van der Waals surface area contributed by atoms with E-state index >= 15 is 0 Å². The van der Waals surface area contributed by atoms with Crippen LogP contribution < -0.4 is 4.74 Å². The Bertz CT molecular complexity index is 432. The third kappa shape index (κ3) is 4.82. The highest BCUT2D eigenvalue weighted by molar-refractivity contribution is 6.38. The van der Waals surface area contributed by atoms with Crippen molar-refractivity contribution in [2.24, 2.45) is 0 Å². The molecule has 96 valence electrons. The first-order chi connectivity index (χ1) is 8.63. The Hall–Kier alpha value is -2.10. The van der Waals surface area contributed by atoms with Gasteiger partial charge in [0.15, 0.2) is 0 Å². The van der Waals surface area contributed by atoms with E-state index in [-0.39, 0.29) is 0 Å². The second-order valence-corrected chi connectivity index (χ2v) is 3.77. The number of carboxylic acid groups (broad SMARTS) is 1. The molecule has 0 aliphatic rings. The zero-order valence-corrected chi connectivity index (χ0v) is 10.3. The van der Waals surface area contributed by atoms with Crippen molar-refractivity contribution in [3.63, 3.8) is 0 Å². The van der Waals surface area contributed by atoms with Gasteiger partial charge in [-0.2, -0.15) is 0 Å². The Morgan fingerprint density at radius 1 is 1.28 bits per heavy atom. The summed E-state index contributed by atoms with van der Waals surface area (Å²) >= 11 is 0. The number of carbonyl (C=O) groups is 2. The maximum atomic E-state index is 10.8. The highest BCUT2D eigenvalue weighted by atomic mass is 16.5. The number of carbonyl (C=O) groups excluding carboxylic acids is 1. The van der Waals surface area contributed by atoms with Gasteiger partial charge in [-0.1, -0.05) is 31.6 Å². The maximum absolute atomic E-state index is 10.8. The van der Waals surface area contributed by atoms with Crippen molar-refractivity contribution in [2.45, 2.75) is 19.8 Å². The second-order valence-electron chi connectivity index (χ2n) is 3.77. The van der Waals surface area contributed by atoms with Crippen LogP contribution in [0.1, 0.15) is 25.3 Å². The summed E-state index contributed by atoms with van der Waals surface area (Å²) in [5, 5.41) is 8.40. The predicted octanol–water partition coefficient (Wildman–Crippen LogP) is 2.53. The lowest BCUT2D eigenvalue weighted by Crippen LogP contribution is -2.08. The number of carboxylic acids is 1. The number of ether oxygens (including phenoxy) is 1. The number of benzene rings is 1. The monoisotopic (exact) mass is 248 g/mol. The normalized spacial score (nSPS) is 10.5. The maximum Gasteiger partial charge on any atom is 0.376 e. The summed E-state index contributed by atoms with van der Waals surface area (Å²) in [5.41, 5.74) is 0.757. The highest BCUT2D eigenvalue weighted by Crippen LogP contribution is 2.13. The quantitative estimate of drug-likeness (QED) is 0.457. The Morgan fingerprint density at radius 3 is 2.50 bits per heavy atom. The predicted molar refractivity (Wildman–Crippen MR) is 68.5 cm³/mol. The van der Waals surface area contributed by atoms with Crippen molar-refractivity contribution in [3.8, 4) is 5.75 Å². The Balaban J connectivity index is 2.55. The number of hydrogen-bond acceptors (Lipinski definition) is 3. The molecule has 0 spiro atoms. The van der Waals surface area contributed by atoms with Gasteiger partial charge in [-0.05, 0) is 30.2 Å². The molecular formula is C14H16O4. The van der Waals surface area contributed by atoms with Crippen LogP contribution in [0.4, 0.5) is 0 Å². The van der Waals surface area contributed by atoms with Crippen molar-refractivity contribution >= 4 is 17.8 Å². The average Bonchev–Trinajstić information content (AvgIpc) is 2.37.